The number of ether oxygens (including phenoxy) is 1. The normalized spacial score (nSPS) is 15.8. The number of unbranched alkanes of at least 4 members (excludes halogenated alkanes) is 1. The van der Waals surface area contributed by atoms with Gasteiger partial charge in [0.15, 0.2) is 0 Å². The van der Waals surface area contributed by atoms with Crippen LogP contribution in [0.4, 0.5) is 0 Å². The predicted octanol–water partition coefficient (Wildman–Crippen LogP) is 6.87. The fourth-order valence-corrected chi connectivity index (χ4v) is 5.41. The molecular weight excluding hydrogens is 514 g/mol. The van der Waals surface area contributed by atoms with Crippen molar-refractivity contribution < 1.29 is 9.53 Å². The predicted molar refractivity (Wildman–Crippen MR) is 151 cm³/mol. The zero-order valence-corrected chi connectivity index (χ0v) is 22.9. The summed E-state index contributed by atoms with van der Waals surface area (Å²) in [5.41, 5.74) is 1.13. The van der Waals surface area contributed by atoms with Crippen LogP contribution in [0, 0.1) is 12.8 Å². The summed E-state index contributed by atoms with van der Waals surface area (Å²) in [4.78, 5) is 33.4. The lowest BCUT2D eigenvalue weighted by atomic mass is 9.99. The molecule has 3 heterocycles. The first kappa shape index (κ1) is 26.4. The van der Waals surface area contributed by atoms with Crippen molar-refractivity contribution in [1.29, 1.82) is 0 Å². The first-order valence-electron chi connectivity index (χ1n) is 12.0. The number of benzene rings is 1. The lowest BCUT2D eigenvalue weighted by Crippen LogP contribution is -2.33. The van der Waals surface area contributed by atoms with E-state index >= 15 is 0 Å². The third kappa shape index (κ3) is 5.66. The van der Waals surface area contributed by atoms with Gasteiger partial charge in [-0.15, -0.1) is 0 Å². The summed E-state index contributed by atoms with van der Waals surface area (Å²) < 4.78 is 8.01. The highest BCUT2D eigenvalue weighted by Crippen LogP contribution is 2.35. The number of carbonyl (C=O) groups excluding carboxylic acids is 1. The molecule has 0 N–H and O–H groups in total. The minimum atomic E-state index is -0.332. The Balaban J connectivity index is 1.73. The Morgan fingerprint density at radius 2 is 2.03 bits per heavy atom. The molecule has 1 aromatic carbocycles. The zero-order chi connectivity index (χ0) is 25.8. The van der Waals surface area contributed by atoms with Crippen LogP contribution >= 0.6 is 35.6 Å². The number of hydrogen-bond donors (Lipinski definition) is 0. The molecule has 36 heavy (non-hydrogen) atoms. The van der Waals surface area contributed by atoms with Crippen LogP contribution in [0.25, 0.3) is 11.7 Å². The van der Waals surface area contributed by atoms with Gasteiger partial charge in [0.1, 0.15) is 21.3 Å². The van der Waals surface area contributed by atoms with Crippen molar-refractivity contribution in [3.05, 3.63) is 74.0 Å². The van der Waals surface area contributed by atoms with Crippen LogP contribution in [0.3, 0.4) is 0 Å². The van der Waals surface area contributed by atoms with Gasteiger partial charge in [-0.05, 0) is 61.2 Å². The molecule has 1 aliphatic heterocycles. The number of amides is 1. The fraction of sp³-hybridized carbons (Fsp3) is 0.333. The number of aryl methyl sites for hydroxylation is 1. The highest BCUT2D eigenvalue weighted by Gasteiger charge is 2.34. The molecule has 9 heteroatoms. The summed E-state index contributed by atoms with van der Waals surface area (Å²) in [5.74, 6) is 0.804. The van der Waals surface area contributed by atoms with Gasteiger partial charge in [-0.3, -0.25) is 18.9 Å². The van der Waals surface area contributed by atoms with Crippen molar-refractivity contribution >= 4 is 57.5 Å². The largest absolute Gasteiger partial charge is 0.438 e. The number of halogens is 1. The van der Waals surface area contributed by atoms with Crippen LogP contribution in [0.5, 0.6) is 11.6 Å². The molecule has 0 spiro atoms. The first-order chi connectivity index (χ1) is 17.3. The fourth-order valence-electron chi connectivity index (χ4n) is 4.04. The molecule has 1 amide bonds. The molecule has 1 aliphatic rings. The Labute approximate surface area is 225 Å². The van der Waals surface area contributed by atoms with Gasteiger partial charge in [-0.25, -0.2) is 0 Å². The monoisotopic (exact) mass is 541 g/mol. The van der Waals surface area contributed by atoms with E-state index in [0.717, 1.165) is 31.2 Å². The van der Waals surface area contributed by atoms with Crippen LogP contribution in [0.2, 0.25) is 5.02 Å². The SMILES string of the molecule is CCCCC(CC)CN1C(=O)/C(=C\c2c(Oc3ccc(Cl)c(C)c3)nc3ccccn3c2=O)SC1=S. The molecule has 3 aromatic rings. The molecule has 0 saturated carbocycles. The first-order valence-corrected chi connectivity index (χ1v) is 13.6. The number of carbonyl (C=O) groups is 1. The van der Waals surface area contributed by atoms with Crippen LogP contribution in [-0.4, -0.2) is 31.1 Å². The molecule has 0 bridgehead atoms. The molecule has 0 aliphatic carbocycles. The van der Waals surface area contributed by atoms with Gasteiger partial charge in [0.2, 0.25) is 5.88 Å². The number of rotatable bonds is 9. The number of aromatic nitrogens is 2. The molecule has 1 atom stereocenters. The number of pyridine rings is 1. The Kier molecular flexibility index (Phi) is 8.49. The van der Waals surface area contributed by atoms with Crippen LogP contribution in [0.1, 0.15) is 50.7 Å². The lowest BCUT2D eigenvalue weighted by Gasteiger charge is -2.21. The number of nitrogens with zero attached hydrogens (tertiary/aromatic N) is 3. The van der Waals surface area contributed by atoms with Gasteiger partial charge in [0.25, 0.3) is 11.5 Å². The van der Waals surface area contributed by atoms with Gasteiger partial charge < -0.3 is 4.74 Å². The minimum absolute atomic E-state index is 0.118. The Bertz CT molecular complexity index is 1400. The van der Waals surface area contributed by atoms with Crippen LogP contribution < -0.4 is 10.3 Å². The molecule has 1 unspecified atom stereocenters. The van der Waals surface area contributed by atoms with Gasteiger partial charge >= 0.3 is 0 Å². The third-order valence-electron chi connectivity index (χ3n) is 6.21. The summed E-state index contributed by atoms with van der Waals surface area (Å²) in [6, 6.07) is 10.5. The van der Waals surface area contributed by atoms with Gasteiger partial charge in [0, 0.05) is 17.8 Å². The molecule has 1 fully saturated rings. The maximum atomic E-state index is 13.5. The van der Waals surface area contributed by atoms with E-state index < -0.39 is 0 Å². The zero-order valence-electron chi connectivity index (χ0n) is 20.5. The van der Waals surface area contributed by atoms with Crippen molar-refractivity contribution in [1.82, 2.24) is 14.3 Å². The smallest absolute Gasteiger partial charge is 0.269 e. The summed E-state index contributed by atoms with van der Waals surface area (Å²) in [5, 5.41) is 0.613. The van der Waals surface area contributed by atoms with Crippen molar-refractivity contribution in [3.63, 3.8) is 0 Å². The maximum Gasteiger partial charge on any atom is 0.269 e. The molecule has 4 rings (SSSR count). The standard InChI is InChI=1S/C27H28ClN3O3S2/c1-4-6-9-18(5-2)16-31-26(33)22(36-27(31)35)15-20-24(34-19-11-12-21(28)17(3)14-19)29-23-10-7-8-13-30(23)25(20)32/h7-8,10-15,18H,4-6,9,16H2,1-3H3/b22-15+. The van der Waals surface area contributed by atoms with Gasteiger partial charge in [-0.1, -0.05) is 74.8 Å². The summed E-state index contributed by atoms with van der Waals surface area (Å²) >= 11 is 12.9. The van der Waals surface area contributed by atoms with Crippen molar-refractivity contribution in [2.75, 3.05) is 6.54 Å². The highest BCUT2D eigenvalue weighted by molar-refractivity contribution is 8.26. The quantitative estimate of drug-likeness (QED) is 0.218. The Hall–Kier alpha value is -2.68. The topological polar surface area (TPSA) is 63.9 Å². The van der Waals surface area contributed by atoms with E-state index in [-0.39, 0.29) is 22.9 Å². The van der Waals surface area contributed by atoms with E-state index in [2.05, 4.69) is 18.8 Å². The Morgan fingerprint density at radius 1 is 1.22 bits per heavy atom. The second-order valence-electron chi connectivity index (χ2n) is 8.79. The number of thiocarbonyl (C=S) groups is 1. The Morgan fingerprint density at radius 3 is 2.75 bits per heavy atom. The molecule has 1 saturated heterocycles. The summed E-state index contributed by atoms with van der Waals surface area (Å²) in [7, 11) is 0. The van der Waals surface area contributed by atoms with Crippen LogP contribution in [-0.2, 0) is 4.79 Å². The third-order valence-corrected chi connectivity index (χ3v) is 8.01. The summed E-state index contributed by atoms with van der Waals surface area (Å²) in [6.45, 7) is 6.75. The molecule has 188 valence electrons. The summed E-state index contributed by atoms with van der Waals surface area (Å²) in [6.07, 6.45) is 7.46. The van der Waals surface area contributed by atoms with E-state index in [0.29, 0.717) is 38.1 Å². The van der Waals surface area contributed by atoms with E-state index in [4.69, 9.17) is 28.6 Å². The highest BCUT2D eigenvalue weighted by atomic mass is 35.5. The molecular formula is C27H28ClN3O3S2. The van der Waals surface area contributed by atoms with Crippen LogP contribution in [0.15, 0.2) is 52.3 Å². The molecule has 2 aromatic heterocycles. The number of thioether (sulfide) groups is 1. The second-order valence-corrected chi connectivity index (χ2v) is 10.9. The van der Waals surface area contributed by atoms with Crippen molar-refractivity contribution in [3.8, 4) is 11.6 Å². The van der Waals surface area contributed by atoms with Crippen molar-refractivity contribution in [2.24, 2.45) is 5.92 Å². The number of hydrogen-bond acceptors (Lipinski definition) is 6. The number of fused-ring (bicyclic) bond motifs is 1. The van der Waals surface area contributed by atoms with Crippen molar-refractivity contribution in [2.45, 2.75) is 46.5 Å². The minimum Gasteiger partial charge on any atom is -0.438 e. The molecule has 6 nitrogen and oxygen atoms in total. The second kappa shape index (κ2) is 11.6. The lowest BCUT2D eigenvalue weighted by molar-refractivity contribution is -0.122. The van der Waals surface area contributed by atoms with E-state index in [9.17, 15) is 9.59 Å². The average molecular weight is 542 g/mol. The van der Waals surface area contributed by atoms with Gasteiger partial charge in [0.05, 0.1) is 4.91 Å². The van der Waals surface area contributed by atoms with E-state index in [1.54, 1.807) is 53.6 Å². The van der Waals surface area contributed by atoms with E-state index in [1.165, 1.54) is 16.2 Å². The average Bonchev–Trinajstić information content (AvgIpc) is 3.13. The maximum absolute atomic E-state index is 13.5. The van der Waals surface area contributed by atoms with E-state index in [1.807, 2.05) is 6.92 Å². The van der Waals surface area contributed by atoms with Gasteiger partial charge in [-0.2, -0.15) is 4.98 Å². The molecule has 0 radical (unpaired) electrons.